The molecule has 0 aromatic carbocycles. The standard InChI is InChI=1S/C10H17N3O3/c1-4-6(3)7(11)9-12-8(13-16-9)10(14)15-5-2/h6-7H,4-5,11H2,1-3H3/t6?,7-/m0/s1. The Labute approximate surface area is 94.2 Å². The highest BCUT2D eigenvalue weighted by Crippen LogP contribution is 2.19. The third kappa shape index (κ3) is 2.79. The molecule has 0 fully saturated rings. The summed E-state index contributed by atoms with van der Waals surface area (Å²) in [5.74, 6) is -0.169. The van der Waals surface area contributed by atoms with Gasteiger partial charge in [0, 0.05) is 0 Å². The van der Waals surface area contributed by atoms with E-state index in [-0.39, 0.29) is 30.3 Å². The summed E-state index contributed by atoms with van der Waals surface area (Å²) in [7, 11) is 0. The molecule has 1 rings (SSSR count). The zero-order valence-corrected chi connectivity index (χ0v) is 9.77. The zero-order chi connectivity index (χ0) is 12.1. The first kappa shape index (κ1) is 12.6. The van der Waals surface area contributed by atoms with Crippen LogP contribution in [0.25, 0.3) is 0 Å². The van der Waals surface area contributed by atoms with E-state index in [0.717, 1.165) is 6.42 Å². The summed E-state index contributed by atoms with van der Waals surface area (Å²) in [6.07, 6.45) is 0.901. The first-order valence-electron chi connectivity index (χ1n) is 5.36. The molecule has 0 saturated heterocycles. The van der Waals surface area contributed by atoms with E-state index >= 15 is 0 Å². The molecule has 0 spiro atoms. The lowest BCUT2D eigenvalue weighted by Crippen LogP contribution is -2.19. The van der Waals surface area contributed by atoms with Crippen LogP contribution in [0.4, 0.5) is 0 Å². The van der Waals surface area contributed by atoms with Crippen molar-refractivity contribution in [3.8, 4) is 0 Å². The summed E-state index contributed by atoms with van der Waals surface area (Å²) in [6, 6.07) is -0.347. The van der Waals surface area contributed by atoms with E-state index in [9.17, 15) is 4.79 Å². The van der Waals surface area contributed by atoms with Crippen LogP contribution in [-0.2, 0) is 4.74 Å². The van der Waals surface area contributed by atoms with Crippen LogP contribution in [0, 0.1) is 5.92 Å². The number of rotatable bonds is 5. The Morgan fingerprint density at radius 3 is 2.81 bits per heavy atom. The van der Waals surface area contributed by atoms with Gasteiger partial charge in [-0.15, -0.1) is 0 Å². The monoisotopic (exact) mass is 227 g/mol. The maximum Gasteiger partial charge on any atom is 0.379 e. The second-order valence-corrected chi connectivity index (χ2v) is 3.59. The van der Waals surface area contributed by atoms with E-state index in [1.165, 1.54) is 0 Å². The van der Waals surface area contributed by atoms with E-state index in [1.54, 1.807) is 6.92 Å². The van der Waals surface area contributed by atoms with Gasteiger partial charge in [-0.3, -0.25) is 0 Å². The number of aromatic nitrogens is 2. The maximum atomic E-state index is 11.3. The number of hydrogen-bond donors (Lipinski definition) is 1. The highest BCUT2D eigenvalue weighted by molar-refractivity contribution is 5.84. The lowest BCUT2D eigenvalue weighted by Gasteiger charge is -2.12. The van der Waals surface area contributed by atoms with Crippen molar-refractivity contribution in [1.82, 2.24) is 10.1 Å². The average molecular weight is 227 g/mol. The molecular formula is C10H17N3O3. The van der Waals surface area contributed by atoms with Crippen LogP contribution in [0.1, 0.15) is 49.7 Å². The van der Waals surface area contributed by atoms with Crippen molar-refractivity contribution in [2.24, 2.45) is 11.7 Å². The summed E-state index contributed by atoms with van der Waals surface area (Å²) in [4.78, 5) is 15.2. The average Bonchev–Trinajstić information content (AvgIpc) is 2.76. The first-order valence-corrected chi connectivity index (χ1v) is 5.36. The zero-order valence-electron chi connectivity index (χ0n) is 9.77. The van der Waals surface area contributed by atoms with Crippen molar-refractivity contribution < 1.29 is 14.1 Å². The second-order valence-electron chi connectivity index (χ2n) is 3.59. The molecule has 1 aromatic rings. The van der Waals surface area contributed by atoms with Crippen molar-refractivity contribution >= 4 is 5.97 Å². The van der Waals surface area contributed by atoms with Crippen LogP contribution in [0.15, 0.2) is 4.52 Å². The predicted molar refractivity (Wildman–Crippen MR) is 56.6 cm³/mol. The molecule has 1 aromatic heterocycles. The van der Waals surface area contributed by atoms with Crippen LogP contribution in [0.2, 0.25) is 0 Å². The third-order valence-corrected chi connectivity index (χ3v) is 2.44. The minimum atomic E-state index is -0.589. The molecule has 2 atom stereocenters. The Morgan fingerprint density at radius 1 is 1.56 bits per heavy atom. The number of esters is 1. The van der Waals surface area contributed by atoms with E-state index in [4.69, 9.17) is 15.0 Å². The Kier molecular flexibility index (Phi) is 4.42. The summed E-state index contributed by atoms with van der Waals surface area (Å²) in [5.41, 5.74) is 5.89. The van der Waals surface area contributed by atoms with Gasteiger partial charge in [0.15, 0.2) is 0 Å². The van der Waals surface area contributed by atoms with Crippen LogP contribution in [-0.4, -0.2) is 22.7 Å². The lowest BCUT2D eigenvalue weighted by molar-refractivity contribution is 0.0508. The fourth-order valence-corrected chi connectivity index (χ4v) is 1.15. The maximum absolute atomic E-state index is 11.3. The number of hydrogen-bond acceptors (Lipinski definition) is 6. The number of ether oxygens (including phenoxy) is 1. The second kappa shape index (κ2) is 5.60. The van der Waals surface area contributed by atoms with Gasteiger partial charge in [-0.1, -0.05) is 20.3 Å². The van der Waals surface area contributed by atoms with E-state index in [2.05, 4.69) is 10.1 Å². The minimum Gasteiger partial charge on any atom is -0.460 e. The number of nitrogens with zero attached hydrogens (tertiary/aromatic N) is 2. The number of carbonyl (C=O) groups excluding carboxylic acids is 1. The van der Waals surface area contributed by atoms with Crippen molar-refractivity contribution in [2.75, 3.05) is 6.61 Å². The number of carbonyl (C=O) groups is 1. The van der Waals surface area contributed by atoms with Gasteiger partial charge >= 0.3 is 5.97 Å². The van der Waals surface area contributed by atoms with Gasteiger partial charge in [-0.2, -0.15) is 4.98 Å². The first-order chi connectivity index (χ1) is 7.60. The molecular weight excluding hydrogens is 210 g/mol. The molecule has 2 N–H and O–H groups in total. The minimum absolute atomic E-state index is 0.0735. The van der Waals surface area contributed by atoms with Gasteiger partial charge in [0.25, 0.3) is 5.82 Å². The Hall–Kier alpha value is -1.43. The van der Waals surface area contributed by atoms with Gasteiger partial charge in [-0.25, -0.2) is 4.79 Å². The highest BCUT2D eigenvalue weighted by Gasteiger charge is 2.22. The molecule has 0 aliphatic heterocycles. The van der Waals surface area contributed by atoms with Gasteiger partial charge in [0.05, 0.1) is 12.6 Å². The summed E-state index contributed by atoms with van der Waals surface area (Å²) < 4.78 is 9.67. The molecule has 0 radical (unpaired) electrons. The normalized spacial score (nSPS) is 14.5. The molecule has 16 heavy (non-hydrogen) atoms. The lowest BCUT2D eigenvalue weighted by atomic mass is 10.0. The molecule has 90 valence electrons. The van der Waals surface area contributed by atoms with Crippen LogP contribution in [0.3, 0.4) is 0 Å². The highest BCUT2D eigenvalue weighted by atomic mass is 16.5. The summed E-state index contributed by atoms with van der Waals surface area (Å²) in [6.45, 7) is 6.00. The summed E-state index contributed by atoms with van der Waals surface area (Å²) >= 11 is 0. The largest absolute Gasteiger partial charge is 0.460 e. The van der Waals surface area contributed by atoms with Crippen molar-refractivity contribution in [3.63, 3.8) is 0 Å². The molecule has 1 heterocycles. The van der Waals surface area contributed by atoms with E-state index in [1.807, 2.05) is 13.8 Å². The van der Waals surface area contributed by atoms with Gasteiger partial charge in [0.1, 0.15) is 0 Å². The predicted octanol–water partition coefficient (Wildman–Crippen LogP) is 1.29. The fourth-order valence-electron chi connectivity index (χ4n) is 1.15. The third-order valence-electron chi connectivity index (χ3n) is 2.44. The molecule has 0 amide bonds. The van der Waals surface area contributed by atoms with Gasteiger partial charge in [-0.05, 0) is 18.0 Å². The van der Waals surface area contributed by atoms with E-state index < -0.39 is 5.97 Å². The van der Waals surface area contributed by atoms with Crippen LogP contribution >= 0.6 is 0 Å². The molecule has 0 bridgehead atoms. The Bertz CT molecular complexity index is 351. The van der Waals surface area contributed by atoms with E-state index in [0.29, 0.717) is 0 Å². The van der Waals surface area contributed by atoms with Crippen LogP contribution in [0.5, 0.6) is 0 Å². The molecule has 1 unspecified atom stereocenters. The molecule has 6 heteroatoms. The van der Waals surface area contributed by atoms with Gasteiger partial charge in [0.2, 0.25) is 5.89 Å². The van der Waals surface area contributed by atoms with Crippen molar-refractivity contribution in [3.05, 3.63) is 11.7 Å². The SMILES string of the molecule is CCOC(=O)c1noc([C@@H](N)C(C)CC)n1. The molecule has 0 saturated carbocycles. The van der Waals surface area contributed by atoms with Gasteiger partial charge < -0.3 is 15.0 Å². The smallest absolute Gasteiger partial charge is 0.379 e. The topological polar surface area (TPSA) is 91.2 Å². The fraction of sp³-hybridized carbons (Fsp3) is 0.700. The Balaban J connectivity index is 2.74. The van der Waals surface area contributed by atoms with Crippen molar-refractivity contribution in [2.45, 2.75) is 33.2 Å². The molecule has 0 aliphatic carbocycles. The van der Waals surface area contributed by atoms with Crippen LogP contribution < -0.4 is 5.73 Å². The molecule has 6 nitrogen and oxygen atoms in total. The molecule has 0 aliphatic rings. The number of nitrogens with two attached hydrogens (primary N) is 1. The summed E-state index contributed by atoms with van der Waals surface area (Å²) in [5, 5.41) is 3.53. The quantitative estimate of drug-likeness (QED) is 0.762. The van der Waals surface area contributed by atoms with Crippen molar-refractivity contribution in [1.29, 1.82) is 0 Å². The Morgan fingerprint density at radius 2 is 2.25 bits per heavy atom.